The fourth-order valence-corrected chi connectivity index (χ4v) is 2.81. The minimum absolute atomic E-state index is 0.120. The molecule has 168 valence electrons. The Morgan fingerprint density at radius 1 is 1.00 bits per heavy atom. The molecule has 0 atom stereocenters. The monoisotopic (exact) mass is 459 g/mol. The van der Waals surface area contributed by atoms with Crippen LogP contribution in [0.1, 0.15) is 25.0 Å². The molecule has 0 aliphatic rings. The number of rotatable bonds is 9. The van der Waals surface area contributed by atoms with E-state index in [-0.39, 0.29) is 12.1 Å². The Kier molecular flexibility index (Phi) is 8.56. The minimum atomic E-state index is -4.66. The van der Waals surface area contributed by atoms with Crippen molar-refractivity contribution in [3.63, 3.8) is 0 Å². The van der Waals surface area contributed by atoms with Gasteiger partial charge in [0.05, 0.1) is 30.2 Å². The van der Waals surface area contributed by atoms with Crippen LogP contribution in [-0.4, -0.2) is 31.7 Å². The lowest BCUT2D eigenvalue weighted by Crippen LogP contribution is -2.22. The first kappa shape index (κ1) is 24.3. The molecule has 0 spiro atoms. The Hall–Kier alpha value is -2.94. The van der Waals surface area contributed by atoms with Crippen molar-refractivity contribution >= 4 is 29.2 Å². The molecule has 2 aromatic carbocycles. The van der Waals surface area contributed by atoms with Crippen molar-refractivity contribution in [1.82, 2.24) is 0 Å². The van der Waals surface area contributed by atoms with Crippen LogP contribution in [0.3, 0.4) is 0 Å². The van der Waals surface area contributed by atoms with Gasteiger partial charge in [-0.1, -0.05) is 17.7 Å². The highest BCUT2D eigenvalue weighted by molar-refractivity contribution is 6.31. The van der Waals surface area contributed by atoms with Crippen LogP contribution in [0.2, 0.25) is 5.02 Å². The topological polar surface area (TPSA) is 73.9 Å². The van der Waals surface area contributed by atoms with Crippen LogP contribution in [0.25, 0.3) is 0 Å². The molecule has 0 saturated heterocycles. The van der Waals surface area contributed by atoms with Crippen molar-refractivity contribution in [2.45, 2.75) is 26.4 Å². The summed E-state index contributed by atoms with van der Waals surface area (Å²) in [6.07, 6.45) is -4.79. The molecule has 0 fully saturated rings. The van der Waals surface area contributed by atoms with Crippen LogP contribution in [0, 0.1) is 0 Å². The molecule has 2 rings (SSSR count). The number of esters is 1. The largest absolute Gasteiger partial charge is 0.490 e. The summed E-state index contributed by atoms with van der Waals surface area (Å²) in [6, 6.07) is 7.92. The highest BCUT2D eigenvalue weighted by Crippen LogP contribution is 2.36. The molecule has 0 aliphatic heterocycles. The van der Waals surface area contributed by atoms with Crippen molar-refractivity contribution in [2.24, 2.45) is 0 Å². The second kappa shape index (κ2) is 10.9. The zero-order valence-corrected chi connectivity index (χ0v) is 17.6. The highest BCUT2D eigenvalue weighted by Gasteiger charge is 2.33. The predicted octanol–water partition coefficient (Wildman–Crippen LogP) is 4.88. The normalized spacial score (nSPS) is 11.0. The summed E-state index contributed by atoms with van der Waals surface area (Å²) in [6.45, 7) is 3.86. The van der Waals surface area contributed by atoms with E-state index in [1.165, 1.54) is 6.07 Å². The van der Waals surface area contributed by atoms with Gasteiger partial charge in [-0.25, -0.2) is 0 Å². The summed E-state index contributed by atoms with van der Waals surface area (Å²) in [4.78, 5) is 24.0. The average molecular weight is 460 g/mol. The summed E-state index contributed by atoms with van der Waals surface area (Å²) in [5.41, 5.74) is -0.611. The van der Waals surface area contributed by atoms with E-state index in [2.05, 4.69) is 5.32 Å². The molecule has 31 heavy (non-hydrogen) atoms. The van der Waals surface area contributed by atoms with E-state index >= 15 is 0 Å². The van der Waals surface area contributed by atoms with Crippen LogP contribution in [0.15, 0.2) is 36.4 Å². The molecule has 0 aromatic heterocycles. The summed E-state index contributed by atoms with van der Waals surface area (Å²) < 4.78 is 54.5. The van der Waals surface area contributed by atoms with Crippen molar-refractivity contribution < 1.29 is 37.0 Å². The van der Waals surface area contributed by atoms with Gasteiger partial charge in [0.1, 0.15) is 0 Å². The molecule has 0 aliphatic carbocycles. The highest BCUT2D eigenvalue weighted by atomic mass is 35.5. The molecule has 2 aromatic rings. The third-order valence-corrected chi connectivity index (χ3v) is 4.21. The number of benzene rings is 2. The SMILES string of the molecule is CCOc1ccc(CC(=O)OCC(=O)Nc2ccc(Cl)c(C(F)(F)F)c2)cc1OCC. The van der Waals surface area contributed by atoms with Crippen molar-refractivity contribution in [2.75, 3.05) is 25.1 Å². The van der Waals surface area contributed by atoms with Gasteiger partial charge in [0.2, 0.25) is 0 Å². The maximum Gasteiger partial charge on any atom is 0.417 e. The molecule has 1 amide bonds. The molecule has 0 saturated carbocycles. The Morgan fingerprint density at radius 3 is 2.32 bits per heavy atom. The molecular weight excluding hydrogens is 439 g/mol. The van der Waals surface area contributed by atoms with E-state index < -0.39 is 35.2 Å². The number of ether oxygens (including phenoxy) is 3. The summed E-state index contributed by atoms with van der Waals surface area (Å²) in [5.74, 6) is -0.447. The summed E-state index contributed by atoms with van der Waals surface area (Å²) in [7, 11) is 0. The quantitative estimate of drug-likeness (QED) is 0.541. The van der Waals surface area contributed by atoms with Gasteiger partial charge < -0.3 is 19.5 Å². The van der Waals surface area contributed by atoms with Gasteiger partial charge in [-0.15, -0.1) is 0 Å². The molecule has 0 radical (unpaired) electrons. The fourth-order valence-electron chi connectivity index (χ4n) is 2.59. The van der Waals surface area contributed by atoms with Gasteiger partial charge in [-0.3, -0.25) is 9.59 Å². The Labute approximate surface area is 182 Å². The standard InChI is InChI=1S/C21H21ClF3NO5/c1-3-29-17-8-5-13(9-18(17)30-4-2)10-20(28)31-12-19(27)26-14-6-7-16(22)15(11-14)21(23,24)25/h5-9,11H,3-4,10,12H2,1-2H3,(H,26,27). The first-order valence-corrected chi connectivity index (χ1v) is 9.72. The molecular formula is C21H21ClF3NO5. The van der Waals surface area contributed by atoms with Gasteiger partial charge in [0, 0.05) is 5.69 Å². The predicted molar refractivity (Wildman–Crippen MR) is 109 cm³/mol. The lowest BCUT2D eigenvalue weighted by Gasteiger charge is -2.13. The third-order valence-electron chi connectivity index (χ3n) is 3.88. The van der Waals surface area contributed by atoms with Gasteiger partial charge in [0.15, 0.2) is 18.1 Å². The zero-order valence-electron chi connectivity index (χ0n) is 16.8. The van der Waals surface area contributed by atoms with Crippen LogP contribution in [-0.2, 0) is 26.9 Å². The first-order valence-electron chi connectivity index (χ1n) is 9.34. The van der Waals surface area contributed by atoms with E-state index in [0.29, 0.717) is 36.3 Å². The van der Waals surface area contributed by atoms with Crippen molar-refractivity contribution in [1.29, 1.82) is 0 Å². The third kappa shape index (κ3) is 7.36. The number of amides is 1. The molecule has 6 nitrogen and oxygen atoms in total. The number of hydrogen-bond donors (Lipinski definition) is 1. The number of carbonyl (C=O) groups is 2. The minimum Gasteiger partial charge on any atom is -0.490 e. The van der Waals surface area contributed by atoms with E-state index in [0.717, 1.165) is 6.07 Å². The van der Waals surface area contributed by atoms with E-state index in [1.807, 2.05) is 13.8 Å². The van der Waals surface area contributed by atoms with Gasteiger partial charge in [-0.2, -0.15) is 13.2 Å². The zero-order chi connectivity index (χ0) is 23.0. The van der Waals surface area contributed by atoms with E-state index in [9.17, 15) is 22.8 Å². The molecule has 0 bridgehead atoms. The van der Waals surface area contributed by atoms with Crippen molar-refractivity contribution in [3.05, 3.63) is 52.5 Å². The molecule has 1 N–H and O–H groups in total. The Balaban J connectivity index is 1.93. The second-order valence-corrected chi connectivity index (χ2v) is 6.63. The Morgan fingerprint density at radius 2 is 1.68 bits per heavy atom. The van der Waals surface area contributed by atoms with Gasteiger partial charge in [-0.05, 0) is 49.7 Å². The van der Waals surface area contributed by atoms with Gasteiger partial charge in [0.25, 0.3) is 5.91 Å². The van der Waals surface area contributed by atoms with Crippen LogP contribution in [0.5, 0.6) is 11.5 Å². The first-order chi connectivity index (χ1) is 14.6. The Bertz CT molecular complexity index is 934. The number of carbonyl (C=O) groups excluding carboxylic acids is 2. The van der Waals surface area contributed by atoms with E-state index in [1.54, 1.807) is 18.2 Å². The number of alkyl halides is 3. The molecule has 0 heterocycles. The summed E-state index contributed by atoms with van der Waals surface area (Å²) in [5, 5.41) is 1.75. The van der Waals surface area contributed by atoms with Gasteiger partial charge >= 0.3 is 12.1 Å². The maximum absolute atomic E-state index is 12.9. The van der Waals surface area contributed by atoms with Crippen LogP contribution >= 0.6 is 11.6 Å². The molecule has 0 unspecified atom stereocenters. The number of nitrogens with one attached hydrogen (secondary N) is 1. The average Bonchev–Trinajstić information content (AvgIpc) is 2.69. The molecule has 10 heteroatoms. The smallest absolute Gasteiger partial charge is 0.417 e. The van der Waals surface area contributed by atoms with Crippen LogP contribution < -0.4 is 14.8 Å². The van der Waals surface area contributed by atoms with E-state index in [4.69, 9.17) is 25.8 Å². The lowest BCUT2D eigenvalue weighted by atomic mass is 10.1. The fraction of sp³-hybridized carbons (Fsp3) is 0.333. The summed E-state index contributed by atoms with van der Waals surface area (Å²) >= 11 is 5.54. The number of halogens is 4. The lowest BCUT2D eigenvalue weighted by molar-refractivity contribution is -0.146. The van der Waals surface area contributed by atoms with Crippen molar-refractivity contribution in [3.8, 4) is 11.5 Å². The number of hydrogen-bond acceptors (Lipinski definition) is 5. The van der Waals surface area contributed by atoms with Crippen LogP contribution in [0.4, 0.5) is 18.9 Å². The maximum atomic E-state index is 12.9. The number of anilines is 1. The second-order valence-electron chi connectivity index (χ2n) is 6.23.